The summed E-state index contributed by atoms with van der Waals surface area (Å²) in [5, 5.41) is -0.257. The molecule has 0 amide bonds. The average Bonchev–Trinajstić information content (AvgIpc) is 2.52. The van der Waals surface area contributed by atoms with Crippen LogP contribution in [0.3, 0.4) is 0 Å². The number of halogens is 2. The zero-order valence-electron chi connectivity index (χ0n) is 13.4. The Morgan fingerprint density at radius 3 is 2.40 bits per heavy atom. The van der Waals surface area contributed by atoms with Crippen LogP contribution in [0.1, 0.15) is 35.2 Å². The highest BCUT2D eigenvalue weighted by Crippen LogP contribution is 2.32. The fourth-order valence-electron chi connectivity index (χ4n) is 2.77. The van der Waals surface area contributed by atoms with E-state index in [-0.39, 0.29) is 33.9 Å². The number of rotatable bonds is 6. The fraction of sp³-hybridized carbons (Fsp3) is 0.438. The first-order valence-electron chi connectivity index (χ1n) is 7.43. The molecule has 0 aromatic heterocycles. The molecule has 2 rings (SSSR count). The van der Waals surface area contributed by atoms with E-state index < -0.39 is 46.6 Å². The van der Waals surface area contributed by atoms with E-state index in [0.29, 0.717) is 6.42 Å². The number of sulfone groups is 1. The summed E-state index contributed by atoms with van der Waals surface area (Å²) >= 11 is 6.15. The molecule has 25 heavy (non-hydrogen) atoms. The molecule has 136 valence electrons. The van der Waals surface area contributed by atoms with Gasteiger partial charge in [-0.15, -0.1) is 0 Å². The highest BCUT2D eigenvalue weighted by atomic mass is 35.5. The van der Waals surface area contributed by atoms with Crippen LogP contribution in [0.5, 0.6) is 0 Å². The molecule has 6 nitrogen and oxygen atoms in total. The second kappa shape index (κ2) is 7.72. The van der Waals surface area contributed by atoms with Gasteiger partial charge in [-0.25, -0.2) is 12.8 Å². The zero-order valence-corrected chi connectivity index (χ0v) is 15.0. The predicted octanol–water partition coefficient (Wildman–Crippen LogP) is 2.31. The zero-order chi connectivity index (χ0) is 18.8. The van der Waals surface area contributed by atoms with Crippen molar-refractivity contribution in [2.45, 2.75) is 30.8 Å². The largest absolute Gasteiger partial charge is 0.346 e. The predicted molar refractivity (Wildman–Crippen MR) is 87.0 cm³/mol. The van der Waals surface area contributed by atoms with Gasteiger partial charge in [-0.05, 0) is 18.6 Å². The van der Waals surface area contributed by atoms with Crippen LogP contribution < -0.4 is 0 Å². The molecule has 1 saturated carbocycles. The monoisotopic (exact) mass is 390 g/mol. The summed E-state index contributed by atoms with van der Waals surface area (Å²) in [5.41, 5.74) is -0.233. The van der Waals surface area contributed by atoms with E-state index in [1.807, 2.05) is 0 Å². The van der Waals surface area contributed by atoms with Gasteiger partial charge in [-0.2, -0.15) is 0 Å². The standard InChI is InChI=1S/C16H16ClFO6S/c1-25(22,23)13-6-5-9(15(17)10(13)7-24-8-18)16(21)14-11(19)3-2-4-12(14)20/h5-6,14H,2-4,7-8H2,1H3. The van der Waals surface area contributed by atoms with Gasteiger partial charge in [0.1, 0.15) is 5.92 Å². The average molecular weight is 391 g/mol. The SMILES string of the molecule is CS(=O)(=O)c1ccc(C(=O)C2C(=O)CCCC2=O)c(Cl)c1COCF. The van der Waals surface area contributed by atoms with Crippen LogP contribution in [0.4, 0.5) is 4.39 Å². The van der Waals surface area contributed by atoms with Crippen molar-refractivity contribution in [2.75, 3.05) is 13.1 Å². The normalized spacial score (nSPS) is 16.3. The van der Waals surface area contributed by atoms with Gasteiger partial charge in [-0.1, -0.05) is 11.6 Å². The fourth-order valence-corrected chi connectivity index (χ4v) is 4.06. The third-order valence-electron chi connectivity index (χ3n) is 3.94. The van der Waals surface area contributed by atoms with E-state index in [2.05, 4.69) is 4.74 Å². The third-order valence-corrected chi connectivity index (χ3v) is 5.55. The number of hydrogen-bond donors (Lipinski definition) is 0. The summed E-state index contributed by atoms with van der Waals surface area (Å²) in [7, 11) is -3.71. The molecule has 0 unspecified atom stereocenters. The minimum absolute atomic E-state index is 0.0802. The molecule has 1 aliphatic carbocycles. The molecule has 0 heterocycles. The number of ketones is 3. The molecule has 0 atom stereocenters. The molecule has 0 bridgehead atoms. The summed E-state index contributed by atoms with van der Waals surface area (Å²) in [6, 6.07) is 2.30. The first kappa shape index (κ1) is 19.7. The quantitative estimate of drug-likeness (QED) is 0.546. The van der Waals surface area contributed by atoms with Crippen molar-refractivity contribution in [3.05, 3.63) is 28.3 Å². The van der Waals surface area contributed by atoms with Crippen molar-refractivity contribution >= 4 is 38.8 Å². The number of alkyl halides is 1. The Bertz CT molecular complexity index is 817. The maximum Gasteiger partial charge on any atom is 0.188 e. The Balaban J connectivity index is 2.53. The maximum absolute atomic E-state index is 12.6. The van der Waals surface area contributed by atoms with Crippen molar-refractivity contribution in [3.63, 3.8) is 0 Å². The molecular weight excluding hydrogens is 375 g/mol. The molecule has 9 heteroatoms. The lowest BCUT2D eigenvalue weighted by atomic mass is 9.81. The molecule has 0 spiro atoms. The molecule has 0 aliphatic heterocycles. The van der Waals surface area contributed by atoms with Gasteiger partial charge in [-0.3, -0.25) is 14.4 Å². The van der Waals surface area contributed by atoms with Gasteiger partial charge in [0.25, 0.3) is 0 Å². The Hall–Kier alpha value is -1.64. The minimum Gasteiger partial charge on any atom is -0.346 e. The topological polar surface area (TPSA) is 94.6 Å². The van der Waals surface area contributed by atoms with E-state index in [9.17, 15) is 27.2 Å². The highest BCUT2D eigenvalue weighted by Gasteiger charge is 2.37. The number of hydrogen-bond acceptors (Lipinski definition) is 6. The summed E-state index contributed by atoms with van der Waals surface area (Å²) < 4.78 is 40.6. The lowest BCUT2D eigenvalue weighted by Crippen LogP contribution is -2.35. The molecule has 0 saturated heterocycles. The summed E-state index contributed by atoms with van der Waals surface area (Å²) in [6.07, 6.45) is 1.59. The summed E-state index contributed by atoms with van der Waals surface area (Å²) in [4.78, 5) is 36.4. The van der Waals surface area contributed by atoms with Crippen molar-refractivity contribution in [3.8, 4) is 0 Å². The Morgan fingerprint density at radius 1 is 1.28 bits per heavy atom. The molecule has 0 N–H and O–H groups in total. The number of benzene rings is 1. The maximum atomic E-state index is 12.6. The van der Waals surface area contributed by atoms with Crippen LogP contribution in [0.15, 0.2) is 17.0 Å². The second-order valence-corrected chi connectivity index (χ2v) is 8.08. The van der Waals surface area contributed by atoms with Gasteiger partial charge < -0.3 is 4.74 Å². The molecule has 1 aliphatic rings. The molecule has 1 aromatic rings. The lowest BCUT2D eigenvalue weighted by Gasteiger charge is -2.20. The lowest BCUT2D eigenvalue weighted by molar-refractivity contribution is -0.133. The first-order chi connectivity index (χ1) is 11.7. The van der Waals surface area contributed by atoms with Crippen LogP contribution in [0.2, 0.25) is 5.02 Å². The smallest absolute Gasteiger partial charge is 0.188 e. The van der Waals surface area contributed by atoms with Crippen LogP contribution in [0.25, 0.3) is 0 Å². The molecule has 0 radical (unpaired) electrons. The van der Waals surface area contributed by atoms with Crippen LogP contribution in [-0.4, -0.2) is 38.9 Å². The van der Waals surface area contributed by atoms with E-state index >= 15 is 0 Å². The molecule has 1 fully saturated rings. The van der Waals surface area contributed by atoms with Crippen molar-refractivity contribution in [1.29, 1.82) is 0 Å². The van der Waals surface area contributed by atoms with E-state index in [0.717, 1.165) is 18.4 Å². The summed E-state index contributed by atoms with van der Waals surface area (Å²) in [6.45, 7) is -1.64. The van der Waals surface area contributed by atoms with Gasteiger partial charge in [0.2, 0.25) is 0 Å². The van der Waals surface area contributed by atoms with Gasteiger partial charge in [0.05, 0.1) is 16.5 Å². The minimum atomic E-state index is -3.71. The van der Waals surface area contributed by atoms with Crippen molar-refractivity contribution in [2.24, 2.45) is 5.92 Å². The molecular formula is C16H16ClFO6S. The van der Waals surface area contributed by atoms with Gasteiger partial charge >= 0.3 is 0 Å². The molecule has 1 aromatic carbocycles. The van der Waals surface area contributed by atoms with Gasteiger partial charge in [0, 0.05) is 30.2 Å². The number of ether oxygens (including phenoxy) is 1. The van der Waals surface area contributed by atoms with E-state index in [1.54, 1.807) is 0 Å². The second-order valence-electron chi connectivity index (χ2n) is 5.72. The van der Waals surface area contributed by atoms with Crippen LogP contribution in [0, 0.1) is 5.92 Å². The number of carbonyl (C=O) groups excluding carboxylic acids is 3. The third kappa shape index (κ3) is 4.13. The van der Waals surface area contributed by atoms with Crippen LogP contribution >= 0.6 is 11.6 Å². The Morgan fingerprint density at radius 2 is 1.88 bits per heavy atom. The first-order valence-corrected chi connectivity index (χ1v) is 9.70. The summed E-state index contributed by atoms with van der Waals surface area (Å²) in [5.74, 6) is -3.16. The van der Waals surface area contributed by atoms with E-state index in [1.165, 1.54) is 0 Å². The Kier molecular flexibility index (Phi) is 6.08. The highest BCUT2D eigenvalue weighted by molar-refractivity contribution is 7.90. The van der Waals surface area contributed by atoms with E-state index in [4.69, 9.17) is 11.6 Å². The number of carbonyl (C=O) groups is 3. The van der Waals surface area contributed by atoms with Gasteiger partial charge in [0.15, 0.2) is 34.0 Å². The Labute approximate surface area is 149 Å². The van der Waals surface area contributed by atoms with Crippen molar-refractivity contribution < 1.29 is 31.9 Å². The number of Topliss-reactive ketones (excluding diaryl/α,β-unsaturated/α-hetero) is 3. The van der Waals surface area contributed by atoms with Crippen molar-refractivity contribution in [1.82, 2.24) is 0 Å². The van der Waals surface area contributed by atoms with Crippen LogP contribution in [-0.2, 0) is 30.8 Å².